The topological polar surface area (TPSA) is 68.1 Å². The second-order valence-electron chi connectivity index (χ2n) is 9.32. The molecule has 0 spiro atoms. The van der Waals surface area contributed by atoms with E-state index in [1.54, 1.807) is 36.4 Å². The maximum Gasteiger partial charge on any atom is 0.332 e. The lowest BCUT2D eigenvalue weighted by molar-refractivity contribution is 0.542. The van der Waals surface area contributed by atoms with Crippen molar-refractivity contribution in [2.45, 2.75) is 18.7 Å². The van der Waals surface area contributed by atoms with Gasteiger partial charge in [-0.15, -0.1) is 4.40 Å². The van der Waals surface area contributed by atoms with E-state index >= 15 is 0 Å². The monoisotopic (exact) mass is 564 g/mol. The van der Waals surface area contributed by atoms with Gasteiger partial charge in [-0.3, -0.25) is 0 Å². The molecule has 0 heterocycles. The Morgan fingerprint density at radius 2 is 0.975 bits per heavy atom. The minimum Gasteiger partial charge on any atom is -0.424 e. The Kier molecular flexibility index (Phi) is 8.11. The van der Waals surface area contributed by atoms with E-state index in [0.29, 0.717) is 5.75 Å². The van der Waals surface area contributed by atoms with Crippen LogP contribution in [0.5, 0.6) is 5.75 Å². The van der Waals surface area contributed by atoms with Gasteiger partial charge in [0.05, 0.1) is 11.9 Å². The van der Waals surface area contributed by atoms with Crippen molar-refractivity contribution < 1.29 is 13.2 Å². The summed E-state index contributed by atoms with van der Waals surface area (Å²) in [5.41, 5.74) is 2.00. The van der Waals surface area contributed by atoms with Crippen LogP contribution >= 0.6 is 7.05 Å². The number of rotatable bonds is 6. The molecule has 40 heavy (non-hydrogen) atoms. The lowest BCUT2D eigenvalue weighted by atomic mass is 10.2. The maximum atomic E-state index is 13.6. The van der Waals surface area contributed by atoms with E-state index in [4.69, 9.17) is 9.48 Å². The Morgan fingerprint density at radius 1 is 0.575 bits per heavy atom. The van der Waals surface area contributed by atoms with Crippen LogP contribution in [-0.4, -0.2) is 14.4 Å². The normalized spacial score (nSPS) is 12.1. The number of ether oxygens (including phenoxy) is 1. The standard InChI is InChI=1S/C33H29N2O3PS/c1-26-18-22-28(23-19-26)38-33(35-40(36,37)32-24-20-27(2)21-25-32)34-39(29-12-6-3-7-13-29,30-14-8-4-9-15-30)31-16-10-5-11-17-31/h3-25H,1-2H3/b35-33-. The summed E-state index contributed by atoms with van der Waals surface area (Å²) in [7, 11) is -6.97. The van der Waals surface area contributed by atoms with E-state index in [0.717, 1.165) is 27.0 Å². The molecule has 5 aromatic carbocycles. The fraction of sp³-hybridized carbons (Fsp3) is 0.0606. The number of nitrogens with zero attached hydrogens (tertiary/aromatic N) is 2. The van der Waals surface area contributed by atoms with Crippen molar-refractivity contribution >= 4 is 39.0 Å². The maximum absolute atomic E-state index is 13.6. The Bertz CT molecular complexity index is 1670. The molecule has 5 rings (SSSR count). The highest BCUT2D eigenvalue weighted by Crippen LogP contribution is 2.46. The first-order valence-electron chi connectivity index (χ1n) is 12.8. The summed E-state index contributed by atoms with van der Waals surface area (Å²) in [6, 6.07) is 43.5. The largest absolute Gasteiger partial charge is 0.424 e. The van der Waals surface area contributed by atoms with Crippen molar-refractivity contribution in [2.24, 2.45) is 9.14 Å². The first-order valence-corrected chi connectivity index (χ1v) is 16.0. The zero-order chi connectivity index (χ0) is 28.0. The number of aryl methyl sites for hydroxylation is 2. The summed E-state index contributed by atoms with van der Waals surface area (Å²) < 4.78 is 42.8. The Morgan fingerprint density at radius 3 is 1.40 bits per heavy atom. The second kappa shape index (κ2) is 11.9. The van der Waals surface area contributed by atoms with Gasteiger partial charge in [0.1, 0.15) is 5.75 Å². The van der Waals surface area contributed by atoms with Crippen molar-refractivity contribution in [1.82, 2.24) is 0 Å². The Labute approximate surface area is 236 Å². The third-order valence-electron chi connectivity index (χ3n) is 6.37. The van der Waals surface area contributed by atoms with Gasteiger partial charge in [-0.25, -0.2) is 4.74 Å². The van der Waals surface area contributed by atoms with Crippen LogP contribution < -0.4 is 20.7 Å². The Hall–Kier alpha value is -4.25. The molecular formula is C33H29N2O3PS. The molecule has 0 saturated carbocycles. The van der Waals surface area contributed by atoms with Crippen molar-refractivity contribution in [1.29, 1.82) is 0 Å². The van der Waals surface area contributed by atoms with Gasteiger partial charge in [0.2, 0.25) is 0 Å². The number of hydrogen-bond acceptors (Lipinski definition) is 3. The average molecular weight is 565 g/mol. The predicted octanol–water partition coefficient (Wildman–Crippen LogP) is 6.60. The van der Waals surface area contributed by atoms with E-state index in [2.05, 4.69) is 4.40 Å². The molecule has 5 aromatic rings. The zero-order valence-corrected chi connectivity index (χ0v) is 24.0. The van der Waals surface area contributed by atoms with Crippen molar-refractivity contribution in [3.8, 4) is 5.75 Å². The molecule has 0 fully saturated rings. The van der Waals surface area contributed by atoms with E-state index in [9.17, 15) is 8.42 Å². The van der Waals surface area contributed by atoms with Gasteiger partial charge in [0.15, 0.2) is 0 Å². The van der Waals surface area contributed by atoms with Gasteiger partial charge in [-0.2, -0.15) is 8.42 Å². The van der Waals surface area contributed by atoms with E-state index in [-0.39, 0.29) is 10.9 Å². The molecule has 0 aromatic heterocycles. The van der Waals surface area contributed by atoms with Crippen molar-refractivity contribution in [2.75, 3.05) is 0 Å². The average Bonchev–Trinajstić information content (AvgIpc) is 2.98. The van der Waals surface area contributed by atoms with Crippen LogP contribution in [0.2, 0.25) is 0 Å². The van der Waals surface area contributed by atoms with Crippen LogP contribution in [0.25, 0.3) is 0 Å². The van der Waals surface area contributed by atoms with Crippen LogP contribution in [0, 0.1) is 13.8 Å². The highest BCUT2D eigenvalue weighted by molar-refractivity contribution is 7.90. The van der Waals surface area contributed by atoms with Crippen molar-refractivity contribution in [3.05, 3.63) is 151 Å². The molecular weight excluding hydrogens is 535 g/mol. The molecule has 7 heteroatoms. The number of hydrogen-bond donors (Lipinski definition) is 0. The van der Waals surface area contributed by atoms with Gasteiger partial charge in [0.25, 0.3) is 10.0 Å². The fourth-order valence-corrected chi connectivity index (χ4v) is 8.64. The Balaban J connectivity index is 1.84. The molecule has 5 nitrogen and oxygen atoms in total. The quantitative estimate of drug-likeness (QED) is 0.133. The molecule has 0 saturated heterocycles. The lowest BCUT2D eigenvalue weighted by Crippen LogP contribution is -2.27. The highest BCUT2D eigenvalue weighted by atomic mass is 32.2. The van der Waals surface area contributed by atoms with Gasteiger partial charge in [0, 0.05) is 15.9 Å². The van der Waals surface area contributed by atoms with Crippen LogP contribution in [0.15, 0.2) is 154 Å². The van der Waals surface area contributed by atoms with Crippen LogP contribution in [-0.2, 0) is 10.0 Å². The van der Waals surface area contributed by atoms with Crippen LogP contribution in [0.3, 0.4) is 0 Å². The molecule has 0 aliphatic heterocycles. The smallest absolute Gasteiger partial charge is 0.332 e. The van der Waals surface area contributed by atoms with E-state index < -0.39 is 17.1 Å². The summed E-state index contributed by atoms with van der Waals surface area (Å²) in [6.45, 7) is 3.88. The number of sulfonamides is 1. The third kappa shape index (κ3) is 5.99. The molecule has 0 N–H and O–H groups in total. The SMILES string of the molecule is Cc1ccc(O/C(N=P(c2ccccc2)(c2ccccc2)c2ccccc2)=N\S(=O)(=O)c2ccc(C)cc2)cc1. The van der Waals surface area contributed by atoms with Gasteiger partial charge in [-0.05, 0) is 38.1 Å². The molecule has 200 valence electrons. The van der Waals surface area contributed by atoms with Crippen LogP contribution in [0.1, 0.15) is 11.1 Å². The number of benzene rings is 5. The van der Waals surface area contributed by atoms with Gasteiger partial charge < -0.3 is 4.74 Å². The molecule has 0 bridgehead atoms. The third-order valence-corrected chi connectivity index (χ3v) is 11.2. The molecule has 0 amide bonds. The highest BCUT2D eigenvalue weighted by Gasteiger charge is 2.29. The number of amidine groups is 1. The summed E-state index contributed by atoms with van der Waals surface area (Å²) in [6.07, 6.45) is 0. The second-order valence-corrected chi connectivity index (χ2v) is 13.9. The first kappa shape index (κ1) is 27.3. The zero-order valence-electron chi connectivity index (χ0n) is 22.3. The lowest BCUT2D eigenvalue weighted by Gasteiger charge is -2.26. The molecule has 0 unspecified atom stereocenters. The summed E-state index contributed by atoms with van der Waals surface area (Å²) in [5, 5.41) is 2.83. The fourth-order valence-electron chi connectivity index (χ4n) is 4.31. The molecule has 0 radical (unpaired) electrons. The van der Waals surface area contributed by atoms with Crippen molar-refractivity contribution in [3.63, 3.8) is 0 Å². The predicted molar refractivity (Wildman–Crippen MR) is 165 cm³/mol. The van der Waals surface area contributed by atoms with Gasteiger partial charge in [-0.1, -0.05) is 126 Å². The van der Waals surface area contributed by atoms with Gasteiger partial charge >= 0.3 is 6.02 Å². The van der Waals surface area contributed by atoms with E-state index in [1.807, 2.05) is 117 Å². The first-order chi connectivity index (χ1) is 19.4. The minimum absolute atomic E-state index is 0.0707. The van der Waals surface area contributed by atoms with Crippen LogP contribution in [0.4, 0.5) is 0 Å². The molecule has 0 atom stereocenters. The summed E-state index contributed by atoms with van der Waals surface area (Å²) in [4.78, 5) is 0.0707. The summed E-state index contributed by atoms with van der Waals surface area (Å²) in [5.74, 6) is 0.444. The van der Waals surface area contributed by atoms with E-state index in [1.165, 1.54) is 0 Å². The molecule has 0 aliphatic carbocycles. The minimum atomic E-state index is -4.14. The summed E-state index contributed by atoms with van der Waals surface area (Å²) >= 11 is 0. The molecule has 0 aliphatic rings.